The van der Waals surface area contributed by atoms with Gasteiger partial charge in [-0.2, -0.15) is 11.8 Å². The Labute approximate surface area is 134 Å². The van der Waals surface area contributed by atoms with Crippen molar-refractivity contribution in [2.45, 2.75) is 18.5 Å². The van der Waals surface area contributed by atoms with Gasteiger partial charge in [0.25, 0.3) is 0 Å². The summed E-state index contributed by atoms with van der Waals surface area (Å²) < 4.78 is 0. The van der Waals surface area contributed by atoms with Gasteiger partial charge in [0.05, 0.1) is 0 Å². The topological polar surface area (TPSA) is 49.3 Å². The summed E-state index contributed by atoms with van der Waals surface area (Å²) in [6, 6.07) is 18.5. The summed E-state index contributed by atoms with van der Waals surface area (Å²) in [5, 5.41) is 12.7. The van der Waals surface area contributed by atoms with Gasteiger partial charge in [-0.25, -0.2) is 0 Å². The zero-order valence-corrected chi connectivity index (χ0v) is 13.1. The highest BCUT2D eigenvalue weighted by Gasteiger charge is 2.41. The Bertz CT molecular complexity index is 634. The van der Waals surface area contributed by atoms with Gasteiger partial charge >= 0.3 is 5.97 Å². The summed E-state index contributed by atoms with van der Waals surface area (Å²) in [5.41, 5.74) is 2.71. The van der Waals surface area contributed by atoms with Crippen LogP contribution in [0.5, 0.6) is 0 Å². The molecule has 114 valence electrons. The van der Waals surface area contributed by atoms with E-state index in [2.05, 4.69) is 41.7 Å². The summed E-state index contributed by atoms with van der Waals surface area (Å²) in [4.78, 5) is 11.5. The van der Waals surface area contributed by atoms with E-state index in [0.717, 1.165) is 11.3 Å². The van der Waals surface area contributed by atoms with Crippen molar-refractivity contribution in [1.29, 1.82) is 0 Å². The molecule has 2 N–H and O–H groups in total. The number of carboxylic acids is 1. The Morgan fingerprint density at radius 2 is 1.77 bits per heavy atom. The van der Waals surface area contributed by atoms with E-state index in [1.807, 2.05) is 18.2 Å². The summed E-state index contributed by atoms with van der Waals surface area (Å²) in [5.74, 6) is 0.815. The average molecular weight is 313 g/mol. The van der Waals surface area contributed by atoms with Crippen molar-refractivity contribution in [3.05, 3.63) is 60.2 Å². The monoisotopic (exact) mass is 313 g/mol. The number of carbonyl (C=O) groups is 1. The lowest BCUT2D eigenvalue weighted by Crippen LogP contribution is -2.51. The minimum atomic E-state index is -0.761. The molecular formula is C18H19NO2S. The van der Waals surface area contributed by atoms with Crippen LogP contribution >= 0.6 is 11.8 Å². The number of carboxylic acid groups (broad SMARTS) is 1. The Morgan fingerprint density at radius 1 is 1.09 bits per heavy atom. The standard InChI is InChI=1S/C18H19NO2S/c20-17(21)18(10-11-22-13-18)19-12-14-6-8-16(9-7-14)15-4-2-1-3-5-15/h1-9,19H,10-13H2,(H,20,21). The van der Waals surface area contributed by atoms with Crippen LogP contribution in [0.25, 0.3) is 11.1 Å². The second-order valence-electron chi connectivity index (χ2n) is 5.61. The van der Waals surface area contributed by atoms with Crippen LogP contribution in [0.4, 0.5) is 0 Å². The molecular weight excluding hydrogens is 294 g/mol. The molecule has 0 aliphatic carbocycles. The summed E-state index contributed by atoms with van der Waals surface area (Å²) in [6.07, 6.45) is 0.690. The van der Waals surface area contributed by atoms with Gasteiger partial charge in [0.1, 0.15) is 5.54 Å². The number of nitrogens with one attached hydrogen (secondary N) is 1. The molecule has 3 rings (SSSR count). The molecule has 1 heterocycles. The Balaban J connectivity index is 1.68. The zero-order chi connectivity index (χ0) is 15.4. The molecule has 3 nitrogen and oxygen atoms in total. The minimum absolute atomic E-state index is 0.585. The van der Waals surface area contributed by atoms with Crippen molar-refractivity contribution < 1.29 is 9.90 Å². The Hall–Kier alpha value is -1.78. The molecule has 1 fully saturated rings. The number of aliphatic carboxylic acids is 1. The lowest BCUT2D eigenvalue weighted by Gasteiger charge is -2.24. The van der Waals surface area contributed by atoms with Crippen LogP contribution in [-0.2, 0) is 11.3 Å². The van der Waals surface area contributed by atoms with E-state index in [-0.39, 0.29) is 0 Å². The smallest absolute Gasteiger partial charge is 0.324 e. The maximum atomic E-state index is 11.5. The van der Waals surface area contributed by atoms with Crippen molar-refractivity contribution in [3.8, 4) is 11.1 Å². The number of benzene rings is 2. The average Bonchev–Trinajstić information content (AvgIpc) is 3.05. The summed E-state index contributed by atoms with van der Waals surface area (Å²) >= 11 is 1.70. The second kappa shape index (κ2) is 6.55. The molecule has 1 unspecified atom stereocenters. The quantitative estimate of drug-likeness (QED) is 0.888. The van der Waals surface area contributed by atoms with Gasteiger partial charge in [0.2, 0.25) is 0 Å². The third kappa shape index (κ3) is 3.18. The first kappa shape index (κ1) is 15.1. The van der Waals surface area contributed by atoms with Crippen LogP contribution in [-0.4, -0.2) is 28.1 Å². The molecule has 1 aliphatic rings. The van der Waals surface area contributed by atoms with E-state index in [0.29, 0.717) is 18.7 Å². The van der Waals surface area contributed by atoms with E-state index in [1.165, 1.54) is 11.1 Å². The van der Waals surface area contributed by atoms with Gasteiger partial charge in [-0.15, -0.1) is 0 Å². The molecule has 0 spiro atoms. The van der Waals surface area contributed by atoms with E-state index >= 15 is 0 Å². The van der Waals surface area contributed by atoms with Crippen molar-refractivity contribution in [3.63, 3.8) is 0 Å². The van der Waals surface area contributed by atoms with Crippen LogP contribution in [0.3, 0.4) is 0 Å². The highest BCUT2D eigenvalue weighted by molar-refractivity contribution is 7.99. The molecule has 4 heteroatoms. The molecule has 0 bridgehead atoms. The highest BCUT2D eigenvalue weighted by atomic mass is 32.2. The normalized spacial score (nSPS) is 20.9. The Morgan fingerprint density at radius 3 is 2.36 bits per heavy atom. The highest BCUT2D eigenvalue weighted by Crippen LogP contribution is 2.28. The molecule has 0 radical (unpaired) electrons. The second-order valence-corrected chi connectivity index (χ2v) is 6.71. The molecule has 2 aromatic carbocycles. The maximum absolute atomic E-state index is 11.5. The van der Waals surface area contributed by atoms with Gasteiger partial charge in [0, 0.05) is 12.3 Å². The van der Waals surface area contributed by atoms with Crippen LogP contribution in [0.1, 0.15) is 12.0 Å². The SMILES string of the molecule is O=C(O)C1(NCc2ccc(-c3ccccc3)cc2)CCSC1. The molecule has 1 atom stereocenters. The fourth-order valence-electron chi connectivity index (χ4n) is 2.67. The van der Waals surface area contributed by atoms with Gasteiger partial charge in [-0.05, 0) is 28.9 Å². The van der Waals surface area contributed by atoms with Crippen molar-refractivity contribution in [1.82, 2.24) is 5.32 Å². The van der Waals surface area contributed by atoms with Gasteiger partial charge in [0.15, 0.2) is 0 Å². The molecule has 1 saturated heterocycles. The van der Waals surface area contributed by atoms with Gasteiger partial charge in [-0.1, -0.05) is 54.6 Å². The van der Waals surface area contributed by atoms with Crippen LogP contribution in [0, 0.1) is 0 Å². The largest absolute Gasteiger partial charge is 0.480 e. The first-order valence-corrected chi connectivity index (χ1v) is 8.56. The molecule has 2 aromatic rings. The van der Waals surface area contributed by atoms with Crippen LogP contribution in [0.15, 0.2) is 54.6 Å². The lowest BCUT2D eigenvalue weighted by atomic mass is 9.98. The van der Waals surface area contributed by atoms with E-state index in [4.69, 9.17) is 0 Å². The molecule has 0 amide bonds. The maximum Gasteiger partial charge on any atom is 0.324 e. The number of hydrogen-bond acceptors (Lipinski definition) is 3. The summed E-state index contributed by atoms with van der Waals surface area (Å²) in [7, 11) is 0. The van der Waals surface area contributed by atoms with Crippen LogP contribution < -0.4 is 5.32 Å². The van der Waals surface area contributed by atoms with E-state index < -0.39 is 11.5 Å². The third-order valence-electron chi connectivity index (χ3n) is 4.12. The lowest BCUT2D eigenvalue weighted by molar-refractivity contribution is -0.143. The van der Waals surface area contributed by atoms with E-state index in [1.54, 1.807) is 11.8 Å². The molecule has 0 aromatic heterocycles. The van der Waals surface area contributed by atoms with E-state index in [9.17, 15) is 9.90 Å². The van der Waals surface area contributed by atoms with Gasteiger partial charge < -0.3 is 5.11 Å². The zero-order valence-electron chi connectivity index (χ0n) is 12.3. The first-order valence-electron chi connectivity index (χ1n) is 7.40. The first-order chi connectivity index (χ1) is 10.7. The number of rotatable bonds is 5. The fraction of sp³-hybridized carbons (Fsp3) is 0.278. The number of thioether (sulfide) groups is 1. The van der Waals surface area contributed by atoms with Crippen LogP contribution in [0.2, 0.25) is 0 Å². The predicted molar refractivity (Wildman–Crippen MR) is 91.0 cm³/mol. The predicted octanol–water partition coefficient (Wildman–Crippen LogP) is 3.40. The van der Waals surface area contributed by atoms with Crippen molar-refractivity contribution >= 4 is 17.7 Å². The number of hydrogen-bond donors (Lipinski definition) is 2. The molecule has 0 saturated carbocycles. The molecule has 22 heavy (non-hydrogen) atoms. The van der Waals surface area contributed by atoms with Crippen molar-refractivity contribution in [2.75, 3.05) is 11.5 Å². The summed E-state index contributed by atoms with van der Waals surface area (Å²) in [6.45, 7) is 0.585. The molecule has 1 aliphatic heterocycles. The Kier molecular flexibility index (Phi) is 4.50. The van der Waals surface area contributed by atoms with Gasteiger partial charge in [-0.3, -0.25) is 10.1 Å². The van der Waals surface area contributed by atoms with Crippen molar-refractivity contribution in [2.24, 2.45) is 0 Å². The third-order valence-corrected chi connectivity index (χ3v) is 5.31. The minimum Gasteiger partial charge on any atom is -0.480 e. The fourth-order valence-corrected chi connectivity index (χ4v) is 4.02.